The monoisotopic (exact) mass is 509 g/mol. The van der Waals surface area contributed by atoms with Gasteiger partial charge in [-0.25, -0.2) is 0 Å². The maximum Gasteiger partial charge on any atom is 0.303 e. The molecule has 0 aliphatic heterocycles. The molecule has 0 saturated carbocycles. The average Bonchev–Trinajstić information content (AvgIpc) is 3.46. The van der Waals surface area contributed by atoms with Crippen LogP contribution in [0.2, 0.25) is 5.02 Å². The lowest BCUT2D eigenvalue weighted by Gasteiger charge is -2.14. The number of Topliss-reactive ketones (excluding diaryl/α,β-unsaturated/α-hetero) is 1. The van der Waals surface area contributed by atoms with Crippen molar-refractivity contribution in [2.75, 3.05) is 0 Å². The molecular weight excluding hydrogens is 486 g/mol. The standard InChI is InChI=1S/C26H24ClN3O6/c1-16(34-20-8-10-22(11-9-20)35-21-6-4-19(27)5-7-21)24(31)15-30-13-18(3-12-25(32)33)23(14-30)26-28-17(2)29-36-26/h4-11,13-14,16H,3,12,15H2,1-2H3,(H,32,33). The molecule has 0 bridgehead atoms. The summed E-state index contributed by atoms with van der Waals surface area (Å²) in [5, 5.41) is 13.5. The van der Waals surface area contributed by atoms with E-state index in [0.29, 0.717) is 39.2 Å². The predicted molar refractivity (Wildman–Crippen MR) is 131 cm³/mol. The minimum atomic E-state index is -0.918. The van der Waals surface area contributed by atoms with Crippen molar-refractivity contribution in [3.8, 4) is 28.7 Å². The second-order valence-electron chi connectivity index (χ2n) is 8.16. The van der Waals surface area contributed by atoms with Crippen molar-refractivity contribution < 1.29 is 28.7 Å². The number of carbonyl (C=O) groups is 2. The highest BCUT2D eigenvalue weighted by Gasteiger charge is 2.20. The number of ketones is 1. The quantitative estimate of drug-likeness (QED) is 0.288. The lowest BCUT2D eigenvalue weighted by atomic mass is 10.1. The van der Waals surface area contributed by atoms with Gasteiger partial charge in [0.25, 0.3) is 5.89 Å². The molecule has 0 saturated heterocycles. The molecule has 0 amide bonds. The Morgan fingerprint density at radius 2 is 1.69 bits per heavy atom. The van der Waals surface area contributed by atoms with Gasteiger partial charge in [0.15, 0.2) is 17.7 Å². The number of hydrogen-bond donors (Lipinski definition) is 1. The summed E-state index contributed by atoms with van der Waals surface area (Å²) in [4.78, 5) is 28.1. The van der Waals surface area contributed by atoms with Crippen LogP contribution in [0, 0.1) is 6.92 Å². The number of rotatable bonds is 11. The van der Waals surface area contributed by atoms with Crippen molar-refractivity contribution in [1.29, 1.82) is 0 Å². The molecule has 2 aromatic carbocycles. The second kappa shape index (κ2) is 11.1. The van der Waals surface area contributed by atoms with Crippen molar-refractivity contribution in [1.82, 2.24) is 14.7 Å². The van der Waals surface area contributed by atoms with Crippen LogP contribution in [0.25, 0.3) is 11.5 Å². The Morgan fingerprint density at radius 3 is 2.31 bits per heavy atom. The van der Waals surface area contributed by atoms with E-state index in [9.17, 15) is 9.59 Å². The van der Waals surface area contributed by atoms with E-state index in [1.807, 2.05) is 0 Å². The Bertz CT molecular complexity index is 1350. The number of ether oxygens (including phenoxy) is 2. The minimum Gasteiger partial charge on any atom is -0.483 e. The fourth-order valence-electron chi connectivity index (χ4n) is 3.49. The number of aliphatic carboxylic acids is 1. The first-order valence-electron chi connectivity index (χ1n) is 11.2. The normalized spacial score (nSPS) is 11.8. The highest BCUT2D eigenvalue weighted by Crippen LogP contribution is 2.27. The molecule has 4 rings (SSSR count). The first kappa shape index (κ1) is 25.0. The van der Waals surface area contributed by atoms with E-state index in [1.165, 1.54) is 0 Å². The molecule has 2 aromatic heterocycles. The maximum atomic E-state index is 12.9. The zero-order valence-corrected chi connectivity index (χ0v) is 20.4. The molecule has 0 fully saturated rings. The Hall–Kier alpha value is -4.11. The second-order valence-corrected chi connectivity index (χ2v) is 8.60. The highest BCUT2D eigenvalue weighted by atomic mass is 35.5. The first-order valence-corrected chi connectivity index (χ1v) is 11.6. The summed E-state index contributed by atoms with van der Waals surface area (Å²) in [5.74, 6) is 1.46. The summed E-state index contributed by atoms with van der Waals surface area (Å²) in [6.45, 7) is 3.41. The summed E-state index contributed by atoms with van der Waals surface area (Å²) in [6, 6.07) is 14.0. The van der Waals surface area contributed by atoms with Crippen LogP contribution in [-0.4, -0.2) is 37.7 Å². The molecule has 0 spiro atoms. The van der Waals surface area contributed by atoms with Crippen LogP contribution < -0.4 is 9.47 Å². The molecular formula is C26H24ClN3O6. The van der Waals surface area contributed by atoms with Gasteiger partial charge in [-0.15, -0.1) is 0 Å². The number of aryl methyl sites for hydroxylation is 2. The van der Waals surface area contributed by atoms with E-state index >= 15 is 0 Å². The fraction of sp³-hybridized carbons (Fsp3) is 0.231. The van der Waals surface area contributed by atoms with Crippen LogP contribution in [0.3, 0.4) is 0 Å². The third-order valence-electron chi connectivity index (χ3n) is 5.31. The van der Waals surface area contributed by atoms with Crippen LogP contribution in [0.15, 0.2) is 65.4 Å². The molecule has 0 radical (unpaired) electrons. The van der Waals surface area contributed by atoms with Gasteiger partial charge in [0.1, 0.15) is 17.2 Å². The Morgan fingerprint density at radius 1 is 1.06 bits per heavy atom. The fourth-order valence-corrected chi connectivity index (χ4v) is 3.62. The highest BCUT2D eigenvalue weighted by molar-refractivity contribution is 6.30. The van der Waals surface area contributed by atoms with Gasteiger partial charge < -0.3 is 23.7 Å². The van der Waals surface area contributed by atoms with Crippen LogP contribution in [0.4, 0.5) is 0 Å². The van der Waals surface area contributed by atoms with Crippen molar-refractivity contribution in [3.05, 3.63) is 77.3 Å². The molecule has 1 atom stereocenters. The molecule has 9 nitrogen and oxygen atoms in total. The Labute approximate surface area is 212 Å². The van der Waals surface area contributed by atoms with Crippen LogP contribution >= 0.6 is 11.6 Å². The van der Waals surface area contributed by atoms with Gasteiger partial charge in [0.05, 0.1) is 12.1 Å². The molecule has 0 aliphatic rings. The topological polar surface area (TPSA) is 117 Å². The first-order chi connectivity index (χ1) is 17.3. The minimum absolute atomic E-state index is 0.0338. The summed E-state index contributed by atoms with van der Waals surface area (Å²) in [6.07, 6.45) is 2.93. The zero-order valence-electron chi connectivity index (χ0n) is 19.7. The van der Waals surface area contributed by atoms with E-state index in [-0.39, 0.29) is 31.1 Å². The number of hydrogen-bond acceptors (Lipinski definition) is 7. The van der Waals surface area contributed by atoms with Gasteiger partial charge in [-0.2, -0.15) is 4.98 Å². The van der Waals surface area contributed by atoms with E-state index in [2.05, 4.69) is 10.1 Å². The molecule has 186 valence electrons. The van der Waals surface area contributed by atoms with Crippen molar-refractivity contribution in [2.45, 2.75) is 39.3 Å². The zero-order chi connectivity index (χ0) is 25.7. The smallest absolute Gasteiger partial charge is 0.303 e. The van der Waals surface area contributed by atoms with Gasteiger partial charge >= 0.3 is 5.97 Å². The van der Waals surface area contributed by atoms with Crippen molar-refractivity contribution in [2.24, 2.45) is 0 Å². The number of benzene rings is 2. The number of nitrogens with zero attached hydrogens (tertiary/aromatic N) is 3. The number of aromatic nitrogens is 3. The van der Waals surface area contributed by atoms with Crippen LogP contribution in [0.5, 0.6) is 17.2 Å². The molecule has 1 unspecified atom stereocenters. The Balaban J connectivity index is 1.39. The van der Waals surface area contributed by atoms with Gasteiger partial charge in [0, 0.05) is 23.8 Å². The van der Waals surface area contributed by atoms with Gasteiger partial charge in [-0.05, 0) is 74.4 Å². The summed E-state index contributed by atoms with van der Waals surface area (Å²) in [5.41, 5.74) is 1.31. The predicted octanol–water partition coefficient (Wildman–Crippen LogP) is 5.35. The number of carboxylic acid groups (broad SMARTS) is 1. The van der Waals surface area contributed by atoms with Gasteiger partial charge in [0.2, 0.25) is 0 Å². The molecule has 10 heteroatoms. The summed E-state index contributed by atoms with van der Waals surface area (Å²) < 4.78 is 18.5. The van der Waals surface area contributed by atoms with Crippen molar-refractivity contribution >= 4 is 23.4 Å². The summed E-state index contributed by atoms with van der Waals surface area (Å²) in [7, 11) is 0. The number of carbonyl (C=O) groups excluding carboxylic acids is 1. The summed E-state index contributed by atoms with van der Waals surface area (Å²) >= 11 is 5.89. The Kier molecular flexibility index (Phi) is 7.70. The third kappa shape index (κ3) is 6.51. The van der Waals surface area contributed by atoms with E-state index < -0.39 is 12.1 Å². The van der Waals surface area contributed by atoms with E-state index in [4.69, 9.17) is 30.7 Å². The molecule has 4 aromatic rings. The number of halogens is 1. The molecule has 36 heavy (non-hydrogen) atoms. The van der Waals surface area contributed by atoms with Crippen molar-refractivity contribution in [3.63, 3.8) is 0 Å². The van der Waals surface area contributed by atoms with Gasteiger partial charge in [-0.3, -0.25) is 9.59 Å². The van der Waals surface area contributed by atoms with E-state index in [0.717, 1.165) is 0 Å². The SMILES string of the molecule is Cc1noc(-c2cn(CC(=O)C(C)Oc3ccc(Oc4ccc(Cl)cc4)cc3)cc2CCC(=O)O)n1. The third-order valence-corrected chi connectivity index (χ3v) is 5.56. The van der Waals surface area contributed by atoms with E-state index in [1.54, 1.807) is 79.3 Å². The maximum absolute atomic E-state index is 12.9. The lowest BCUT2D eigenvalue weighted by molar-refractivity contribution is -0.137. The largest absolute Gasteiger partial charge is 0.483 e. The van der Waals surface area contributed by atoms with Crippen LogP contribution in [-0.2, 0) is 22.6 Å². The number of carboxylic acids is 1. The average molecular weight is 510 g/mol. The molecule has 0 aliphatic carbocycles. The molecule has 1 N–H and O–H groups in total. The van der Waals surface area contributed by atoms with Crippen LogP contribution in [0.1, 0.15) is 24.7 Å². The molecule has 2 heterocycles. The van der Waals surface area contributed by atoms with Gasteiger partial charge in [-0.1, -0.05) is 16.8 Å². The lowest BCUT2D eigenvalue weighted by Crippen LogP contribution is -2.27.